The van der Waals surface area contributed by atoms with Gasteiger partial charge in [-0.1, -0.05) is 6.92 Å². The van der Waals surface area contributed by atoms with Gasteiger partial charge in [-0.25, -0.2) is 8.42 Å². The normalized spacial score (nSPS) is 11.2. The van der Waals surface area contributed by atoms with Gasteiger partial charge in [-0.05, 0) is 6.54 Å². The molecule has 72 valence electrons. The molecule has 0 radical (unpaired) electrons. The summed E-state index contributed by atoms with van der Waals surface area (Å²) in [6.07, 6.45) is 1.14. The summed E-state index contributed by atoms with van der Waals surface area (Å²) in [5, 5.41) is 2.91. The Hall–Kier alpha value is -0.620. The van der Waals surface area contributed by atoms with Gasteiger partial charge in [-0.2, -0.15) is 0 Å². The average molecular weight is 194 g/mol. The maximum Gasteiger partial charge on any atom is 0.234 e. The Balaban J connectivity index is 3.62. The van der Waals surface area contributed by atoms with Crippen LogP contribution >= 0.6 is 0 Å². The van der Waals surface area contributed by atoms with Crippen LogP contribution in [0.15, 0.2) is 0 Å². The maximum absolute atomic E-state index is 10.8. The summed E-state index contributed by atoms with van der Waals surface area (Å²) in [5.41, 5.74) is 0. The zero-order chi connectivity index (χ0) is 9.61. The molecule has 0 spiro atoms. The lowest BCUT2D eigenvalue weighted by Gasteiger charge is -2.02. The van der Waals surface area contributed by atoms with Gasteiger partial charge in [-0.3, -0.25) is 9.52 Å². The van der Waals surface area contributed by atoms with Gasteiger partial charge in [0.15, 0.2) is 0 Å². The van der Waals surface area contributed by atoms with E-state index < -0.39 is 15.9 Å². The van der Waals surface area contributed by atoms with Crippen LogP contribution in [0.1, 0.15) is 13.3 Å². The Morgan fingerprint density at radius 3 is 2.42 bits per heavy atom. The van der Waals surface area contributed by atoms with Crippen molar-refractivity contribution in [3.8, 4) is 0 Å². The summed E-state index contributed by atoms with van der Waals surface area (Å²) in [5.74, 6) is -0.474. The molecule has 6 heteroatoms. The second-order valence-corrected chi connectivity index (χ2v) is 4.15. The van der Waals surface area contributed by atoms with E-state index in [2.05, 4.69) is 5.32 Å². The van der Waals surface area contributed by atoms with Crippen molar-refractivity contribution in [3.63, 3.8) is 0 Å². The zero-order valence-electron chi connectivity index (χ0n) is 7.25. The van der Waals surface area contributed by atoms with Crippen molar-refractivity contribution < 1.29 is 13.2 Å². The van der Waals surface area contributed by atoms with Gasteiger partial charge in [0.25, 0.3) is 0 Å². The number of nitrogens with one attached hydrogen (secondary N) is 2. The van der Waals surface area contributed by atoms with Crippen LogP contribution in [0.2, 0.25) is 0 Å². The molecule has 0 atom stereocenters. The summed E-state index contributed by atoms with van der Waals surface area (Å²) in [6.45, 7) is 3.18. The van der Waals surface area contributed by atoms with E-state index in [-0.39, 0.29) is 6.42 Å². The zero-order valence-corrected chi connectivity index (χ0v) is 8.07. The van der Waals surface area contributed by atoms with Gasteiger partial charge >= 0.3 is 0 Å². The maximum atomic E-state index is 10.8. The van der Waals surface area contributed by atoms with E-state index in [0.29, 0.717) is 6.54 Å². The van der Waals surface area contributed by atoms with Crippen molar-refractivity contribution in [1.29, 1.82) is 0 Å². The lowest BCUT2D eigenvalue weighted by Crippen LogP contribution is -2.31. The number of carbonyl (C=O) groups is 1. The highest BCUT2D eigenvalue weighted by Crippen LogP contribution is 1.80. The van der Waals surface area contributed by atoms with E-state index in [1.807, 2.05) is 11.6 Å². The fourth-order valence-corrected chi connectivity index (χ4v) is 1.15. The molecule has 0 aliphatic carbocycles. The number of hydrogen-bond acceptors (Lipinski definition) is 4. The van der Waals surface area contributed by atoms with Gasteiger partial charge in [0.2, 0.25) is 15.9 Å². The van der Waals surface area contributed by atoms with Crippen molar-refractivity contribution in [2.75, 3.05) is 19.3 Å². The van der Waals surface area contributed by atoms with Crippen LogP contribution in [-0.2, 0) is 14.8 Å². The van der Waals surface area contributed by atoms with Crippen LogP contribution in [0, 0.1) is 0 Å². The summed E-state index contributed by atoms with van der Waals surface area (Å²) in [7, 11) is -3.39. The first kappa shape index (κ1) is 11.4. The van der Waals surface area contributed by atoms with Crippen molar-refractivity contribution in [1.82, 2.24) is 10.0 Å². The third kappa shape index (κ3) is 7.49. The van der Waals surface area contributed by atoms with Gasteiger partial charge in [0, 0.05) is 13.0 Å². The smallest absolute Gasteiger partial charge is 0.234 e. The molecule has 0 aromatic rings. The molecular formula is C6H14N2O3S. The van der Waals surface area contributed by atoms with Crippen LogP contribution in [0.25, 0.3) is 0 Å². The first-order valence-electron chi connectivity index (χ1n) is 3.67. The quantitative estimate of drug-likeness (QED) is 0.554. The van der Waals surface area contributed by atoms with Gasteiger partial charge < -0.3 is 5.32 Å². The second-order valence-electron chi connectivity index (χ2n) is 2.40. The second kappa shape index (κ2) is 5.10. The van der Waals surface area contributed by atoms with Crippen molar-refractivity contribution in [2.45, 2.75) is 13.3 Å². The lowest BCUT2D eigenvalue weighted by molar-refractivity contribution is -0.119. The number of carbonyl (C=O) groups excluding carboxylic acids is 1. The summed E-state index contributed by atoms with van der Waals surface area (Å²) in [4.78, 5) is 10.8. The summed E-state index contributed by atoms with van der Waals surface area (Å²) < 4.78 is 22.9. The van der Waals surface area contributed by atoms with Crippen LogP contribution in [0.3, 0.4) is 0 Å². The van der Waals surface area contributed by atoms with Crippen molar-refractivity contribution in [3.05, 3.63) is 0 Å². The first-order valence-corrected chi connectivity index (χ1v) is 5.56. The predicted molar refractivity (Wildman–Crippen MR) is 46.1 cm³/mol. The molecule has 0 fully saturated rings. The Morgan fingerprint density at radius 1 is 1.42 bits per heavy atom. The van der Waals surface area contributed by atoms with E-state index >= 15 is 0 Å². The van der Waals surface area contributed by atoms with Gasteiger partial charge in [0.1, 0.15) is 0 Å². The van der Waals surface area contributed by atoms with Gasteiger partial charge in [-0.15, -0.1) is 0 Å². The molecule has 5 nitrogen and oxygen atoms in total. The molecule has 0 aliphatic rings. The van der Waals surface area contributed by atoms with Crippen LogP contribution in [-0.4, -0.2) is 33.7 Å². The molecule has 1 amide bonds. The number of hydrogen-bond donors (Lipinski definition) is 2. The minimum atomic E-state index is -3.39. The van der Waals surface area contributed by atoms with Crippen molar-refractivity contribution in [2.24, 2.45) is 0 Å². The van der Waals surface area contributed by atoms with Gasteiger partial charge in [0.05, 0.1) is 6.26 Å². The lowest BCUT2D eigenvalue weighted by atomic mass is 10.4. The highest BCUT2D eigenvalue weighted by atomic mass is 32.2. The molecule has 0 unspecified atom stereocenters. The average Bonchev–Trinajstić information content (AvgIpc) is 1.84. The Kier molecular flexibility index (Phi) is 4.84. The van der Waals surface area contributed by atoms with E-state index in [9.17, 15) is 13.2 Å². The third-order valence-corrected chi connectivity index (χ3v) is 1.68. The van der Waals surface area contributed by atoms with Crippen LogP contribution in [0.5, 0.6) is 0 Å². The molecule has 0 rings (SSSR count). The Bertz CT molecular complexity index is 235. The first-order chi connectivity index (χ1) is 5.45. The largest absolute Gasteiger partial charge is 0.316 e. The van der Waals surface area contributed by atoms with E-state index in [1.54, 1.807) is 0 Å². The van der Waals surface area contributed by atoms with Crippen LogP contribution < -0.4 is 10.0 Å². The number of amides is 1. The van der Waals surface area contributed by atoms with E-state index in [0.717, 1.165) is 12.8 Å². The predicted octanol–water partition coefficient (Wildman–Crippen LogP) is -0.938. The molecule has 0 aromatic carbocycles. The molecule has 2 N–H and O–H groups in total. The fourth-order valence-electron chi connectivity index (χ4n) is 0.637. The monoisotopic (exact) mass is 194 g/mol. The summed E-state index contributed by atoms with van der Waals surface area (Å²) in [6, 6.07) is 0. The fraction of sp³-hybridized carbons (Fsp3) is 0.833. The minimum absolute atomic E-state index is 0.181. The van der Waals surface area contributed by atoms with E-state index in [4.69, 9.17) is 0 Å². The van der Waals surface area contributed by atoms with Crippen LogP contribution in [0.4, 0.5) is 0 Å². The molecule has 0 bridgehead atoms. The standard InChI is InChI=1S/C6H14N2O3S/c1-3-7-5-4-6(9)8-12(2,10)11/h7H,3-5H2,1-2H3,(H,8,9). The SMILES string of the molecule is CCNCCC(=O)NS(C)(=O)=O. The molecule has 0 saturated carbocycles. The molecule has 0 aliphatic heterocycles. The third-order valence-electron chi connectivity index (χ3n) is 1.08. The topological polar surface area (TPSA) is 75.3 Å². The molecular weight excluding hydrogens is 180 g/mol. The highest BCUT2D eigenvalue weighted by molar-refractivity contribution is 7.89. The molecule has 12 heavy (non-hydrogen) atoms. The number of rotatable bonds is 5. The summed E-state index contributed by atoms with van der Waals surface area (Å²) >= 11 is 0. The Morgan fingerprint density at radius 2 is 2.00 bits per heavy atom. The molecule has 0 aromatic heterocycles. The highest BCUT2D eigenvalue weighted by Gasteiger charge is 2.06. The van der Waals surface area contributed by atoms with E-state index in [1.165, 1.54) is 0 Å². The molecule has 0 saturated heterocycles. The minimum Gasteiger partial charge on any atom is -0.316 e. The van der Waals surface area contributed by atoms with Crippen molar-refractivity contribution >= 4 is 15.9 Å². The number of sulfonamides is 1. The Labute approximate surface area is 72.6 Å². The molecule has 0 heterocycles.